The van der Waals surface area contributed by atoms with Crippen LogP contribution < -0.4 is 14.8 Å². The van der Waals surface area contributed by atoms with E-state index in [0.717, 1.165) is 72.6 Å². The van der Waals surface area contributed by atoms with E-state index in [-0.39, 0.29) is 24.0 Å². The van der Waals surface area contributed by atoms with Crippen LogP contribution in [0.25, 0.3) is 11.0 Å². The number of likely N-dealkylation sites (tertiary alicyclic amines) is 1. The Labute approximate surface area is 276 Å². The highest BCUT2D eigenvalue weighted by Crippen LogP contribution is 2.37. The van der Waals surface area contributed by atoms with E-state index >= 15 is 0 Å². The number of piperidine rings is 1. The number of pyridine rings is 1. The van der Waals surface area contributed by atoms with Gasteiger partial charge in [-0.25, -0.2) is 4.98 Å². The van der Waals surface area contributed by atoms with E-state index in [2.05, 4.69) is 57.4 Å². The van der Waals surface area contributed by atoms with Crippen LogP contribution in [0.3, 0.4) is 0 Å². The molecule has 1 aliphatic heterocycles. The number of benzene rings is 3. The van der Waals surface area contributed by atoms with E-state index in [4.69, 9.17) is 14.5 Å². The number of para-hydroxylation sites is 1. The molecule has 0 saturated carbocycles. The summed E-state index contributed by atoms with van der Waals surface area (Å²) in [6, 6.07) is 28.2. The Morgan fingerprint density at radius 1 is 0.979 bits per heavy atom. The first-order valence-electron chi connectivity index (χ1n) is 16.4. The van der Waals surface area contributed by atoms with Crippen LogP contribution in [-0.4, -0.2) is 77.2 Å². The fourth-order valence-electron chi connectivity index (χ4n) is 6.88. The Balaban J connectivity index is 1.21. The second-order valence-corrected chi connectivity index (χ2v) is 12.2. The largest absolute Gasteiger partial charge is 0.493 e. The van der Waals surface area contributed by atoms with Crippen molar-refractivity contribution in [1.82, 2.24) is 24.8 Å². The van der Waals surface area contributed by atoms with Crippen LogP contribution in [0.5, 0.6) is 11.5 Å². The zero-order valence-electron chi connectivity index (χ0n) is 27.6. The second-order valence-electron chi connectivity index (χ2n) is 12.2. The molecule has 2 N–H and O–H groups in total. The summed E-state index contributed by atoms with van der Waals surface area (Å²) < 4.78 is 11.2. The van der Waals surface area contributed by atoms with Crippen molar-refractivity contribution in [1.29, 1.82) is 0 Å². The van der Waals surface area contributed by atoms with Crippen molar-refractivity contribution in [3.05, 3.63) is 114 Å². The first kappa shape index (κ1) is 32.1. The molecule has 2 atom stereocenters. The summed E-state index contributed by atoms with van der Waals surface area (Å²) in [4.78, 5) is 31.2. The number of aromatic nitrogens is 3. The fraction of sp³-hybridized carbons (Fsp3) is 0.342. The van der Waals surface area contributed by atoms with Crippen LogP contribution in [-0.2, 0) is 6.42 Å². The van der Waals surface area contributed by atoms with Crippen LogP contribution in [0.2, 0.25) is 0 Å². The first-order chi connectivity index (χ1) is 23.0. The Kier molecular flexibility index (Phi) is 10.0. The van der Waals surface area contributed by atoms with Crippen LogP contribution in [0.15, 0.2) is 91.1 Å². The van der Waals surface area contributed by atoms with Crippen LogP contribution in [0, 0.1) is 0 Å². The van der Waals surface area contributed by atoms with Gasteiger partial charge in [-0.2, -0.15) is 0 Å². The maximum atomic E-state index is 13.9. The Morgan fingerprint density at radius 2 is 1.74 bits per heavy atom. The number of amides is 1. The summed E-state index contributed by atoms with van der Waals surface area (Å²) in [5, 5.41) is 3.68. The van der Waals surface area contributed by atoms with Crippen molar-refractivity contribution >= 4 is 22.9 Å². The number of nitrogens with zero attached hydrogens (tertiary/aromatic N) is 4. The van der Waals surface area contributed by atoms with E-state index in [1.807, 2.05) is 72.7 Å². The van der Waals surface area contributed by atoms with E-state index < -0.39 is 0 Å². The number of hydrogen-bond acceptors (Lipinski definition) is 7. The minimum Gasteiger partial charge on any atom is -0.493 e. The predicted molar refractivity (Wildman–Crippen MR) is 186 cm³/mol. The van der Waals surface area contributed by atoms with Gasteiger partial charge in [0.05, 0.1) is 31.4 Å². The number of hydrogen-bond donors (Lipinski definition) is 2. The molecular formula is C38H44N6O3. The van der Waals surface area contributed by atoms with Crippen LogP contribution in [0.4, 0.5) is 5.95 Å². The van der Waals surface area contributed by atoms with Gasteiger partial charge in [-0.15, -0.1) is 0 Å². The monoisotopic (exact) mass is 632 g/mol. The molecule has 47 heavy (non-hydrogen) atoms. The summed E-state index contributed by atoms with van der Waals surface area (Å²) in [5.74, 6) is 2.24. The molecule has 0 spiro atoms. The molecule has 1 fully saturated rings. The number of methoxy groups -OCH3 is 2. The zero-order chi connectivity index (χ0) is 32.8. The number of carbonyl (C=O) groups is 1. The fourth-order valence-corrected chi connectivity index (χ4v) is 6.88. The third-order valence-electron chi connectivity index (χ3n) is 9.31. The van der Waals surface area contributed by atoms with E-state index in [1.165, 1.54) is 0 Å². The Hall–Kier alpha value is -4.89. The average molecular weight is 633 g/mol. The molecule has 244 valence electrons. The number of nitrogens with one attached hydrogen (secondary N) is 2. The SMILES string of the molecule is CCC(c1ccc(OC)c(OC)c1)C(N1CCC(Nc2nc3c(Cc4ccccn4)cccc3[nH]2)CC1)N(C)C(=O)c1ccccc1. The summed E-state index contributed by atoms with van der Waals surface area (Å²) in [5.41, 5.74) is 5.96. The third kappa shape index (κ3) is 7.10. The van der Waals surface area contributed by atoms with Crippen molar-refractivity contribution in [2.24, 2.45) is 0 Å². The van der Waals surface area contributed by atoms with Crippen LogP contribution in [0.1, 0.15) is 59.3 Å². The van der Waals surface area contributed by atoms with Gasteiger partial charge in [-0.05, 0) is 72.9 Å². The molecule has 0 aliphatic carbocycles. The van der Waals surface area contributed by atoms with Gasteiger partial charge in [-0.3, -0.25) is 14.7 Å². The molecule has 6 rings (SSSR count). The maximum absolute atomic E-state index is 13.9. The lowest BCUT2D eigenvalue weighted by molar-refractivity contribution is 0.0200. The minimum absolute atomic E-state index is 0.0126. The predicted octanol–water partition coefficient (Wildman–Crippen LogP) is 6.73. The van der Waals surface area contributed by atoms with Gasteiger partial charge < -0.3 is 24.7 Å². The molecule has 0 bridgehead atoms. The topological polar surface area (TPSA) is 95.6 Å². The van der Waals surface area contributed by atoms with Gasteiger partial charge in [0.15, 0.2) is 11.5 Å². The number of imidazole rings is 1. The van der Waals surface area contributed by atoms with Crippen LogP contribution >= 0.6 is 0 Å². The molecule has 5 aromatic rings. The molecule has 2 unspecified atom stereocenters. The Morgan fingerprint density at radius 3 is 2.45 bits per heavy atom. The molecule has 9 heteroatoms. The third-order valence-corrected chi connectivity index (χ3v) is 9.31. The van der Waals surface area contributed by atoms with E-state index in [9.17, 15) is 4.79 Å². The number of anilines is 1. The summed E-state index contributed by atoms with van der Waals surface area (Å²) in [6.07, 6.45) is 5.11. The minimum atomic E-state index is -0.146. The molecule has 9 nitrogen and oxygen atoms in total. The van der Waals surface area contributed by atoms with Crippen molar-refractivity contribution in [3.63, 3.8) is 0 Å². The number of ether oxygens (including phenoxy) is 2. The van der Waals surface area contributed by atoms with Gasteiger partial charge in [-0.1, -0.05) is 49.4 Å². The summed E-state index contributed by atoms with van der Waals surface area (Å²) >= 11 is 0. The van der Waals surface area contributed by atoms with Crippen molar-refractivity contribution < 1.29 is 14.3 Å². The number of rotatable bonds is 12. The normalized spacial score (nSPS) is 15.2. The highest BCUT2D eigenvalue weighted by molar-refractivity contribution is 5.94. The standard InChI is InChI=1S/C38H44N6O3/c1-5-31(27-17-18-33(46-3)34(25-27)47-4)36(43(2)37(45)26-12-7-6-8-13-26)44-22-19-29(20-23-44)40-38-41-32-16-11-14-28(35(32)42-38)24-30-15-9-10-21-39-30/h6-18,21,25,29,31,36H,5,19-20,22-24H2,1-4H3,(H2,40,41,42). The molecule has 1 aliphatic rings. The molecule has 0 radical (unpaired) electrons. The molecule has 1 saturated heterocycles. The number of aromatic amines is 1. The lowest BCUT2D eigenvalue weighted by Gasteiger charge is -2.45. The summed E-state index contributed by atoms with van der Waals surface area (Å²) in [7, 11) is 5.24. The van der Waals surface area contributed by atoms with Gasteiger partial charge >= 0.3 is 0 Å². The quantitative estimate of drug-likeness (QED) is 0.157. The van der Waals surface area contributed by atoms with Gasteiger partial charge in [0.2, 0.25) is 5.95 Å². The zero-order valence-corrected chi connectivity index (χ0v) is 27.6. The average Bonchev–Trinajstić information content (AvgIpc) is 3.54. The molecule has 3 aromatic carbocycles. The molecule has 3 heterocycles. The number of H-pyrrole nitrogens is 1. The highest BCUT2D eigenvalue weighted by atomic mass is 16.5. The number of carbonyl (C=O) groups excluding carboxylic acids is 1. The maximum Gasteiger partial charge on any atom is 0.254 e. The number of fused-ring (bicyclic) bond motifs is 1. The second kappa shape index (κ2) is 14.7. The van der Waals surface area contributed by atoms with Crippen molar-refractivity contribution in [2.45, 2.75) is 50.7 Å². The van der Waals surface area contributed by atoms with Gasteiger partial charge in [0.25, 0.3) is 5.91 Å². The van der Waals surface area contributed by atoms with Crippen molar-refractivity contribution in [3.8, 4) is 11.5 Å². The van der Waals surface area contributed by atoms with Gasteiger partial charge in [0.1, 0.15) is 0 Å². The van der Waals surface area contributed by atoms with E-state index in [1.54, 1.807) is 14.2 Å². The molecular weight excluding hydrogens is 588 g/mol. The summed E-state index contributed by atoms with van der Waals surface area (Å²) in [6.45, 7) is 3.86. The van der Waals surface area contributed by atoms with Gasteiger partial charge in [0, 0.05) is 56.0 Å². The molecule has 2 aromatic heterocycles. The lowest BCUT2D eigenvalue weighted by atomic mass is 9.89. The van der Waals surface area contributed by atoms with Crippen molar-refractivity contribution in [2.75, 3.05) is 39.7 Å². The highest BCUT2D eigenvalue weighted by Gasteiger charge is 2.36. The number of likely N-dealkylation sites (N-methyl/N-ethyl adjacent to an activating group) is 1. The molecule has 1 amide bonds. The Bertz CT molecular complexity index is 1770. The lowest BCUT2D eigenvalue weighted by Crippen LogP contribution is -2.55. The first-order valence-corrected chi connectivity index (χ1v) is 16.4. The van der Waals surface area contributed by atoms with E-state index in [0.29, 0.717) is 17.1 Å². The smallest absolute Gasteiger partial charge is 0.254 e.